The van der Waals surface area contributed by atoms with E-state index >= 15 is 0 Å². The highest BCUT2D eigenvalue weighted by Crippen LogP contribution is 2.29. The quantitative estimate of drug-likeness (QED) is 0.736. The van der Waals surface area contributed by atoms with Gasteiger partial charge in [0.15, 0.2) is 5.76 Å². The molecule has 146 valence electrons. The lowest BCUT2D eigenvalue weighted by atomic mass is 10.0. The van der Waals surface area contributed by atoms with Gasteiger partial charge in [0.2, 0.25) is 0 Å². The fourth-order valence-corrected chi connectivity index (χ4v) is 3.56. The summed E-state index contributed by atoms with van der Waals surface area (Å²) < 4.78 is 11.0. The van der Waals surface area contributed by atoms with Gasteiger partial charge in [-0.2, -0.15) is 0 Å². The first-order chi connectivity index (χ1) is 13.5. The number of carbonyl (C=O) groups is 1. The van der Waals surface area contributed by atoms with E-state index in [4.69, 9.17) is 9.26 Å². The summed E-state index contributed by atoms with van der Waals surface area (Å²) in [5, 5.41) is 8.04. The summed E-state index contributed by atoms with van der Waals surface area (Å²) in [5.41, 5.74) is 2.15. The van der Waals surface area contributed by atoms with Crippen molar-refractivity contribution in [2.75, 3.05) is 32.8 Å². The number of nitrogens with one attached hydrogen (secondary N) is 1. The molecule has 28 heavy (non-hydrogen) atoms. The van der Waals surface area contributed by atoms with E-state index in [2.05, 4.69) is 29.2 Å². The molecule has 0 unspecified atom stereocenters. The summed E-state index contributed by atoms with van der Waals surface area (Å²) >= 11 is 0. The molecule has 2 aromatic carbocycles. The largest absolute Gasteiger partial charge is 0.379 e. The maximum Gasteiger partial charge on any atom is 0.251 e. The zero-order valence-electron chi connectivity index (χ0n) is 16.3. The van der Waals surface area contributed by atoms with Gasteiger partial charge < -0.3 is 14.6 Å². The summed E-state index contributed by atoms with van der Waals surface area (Å²) in [4.78, 5) is 15.1. The van der Waals surface area contributed by atoms with E-state index in [0.717, 1.165) is 42.8 Å². The summed E-state index contributed by atoms with van der Waals surface area (Å²) in [5.74, 6) is 0.586. The molecular formula is C22H25N3O3. The molecule has 1 fully saturated rings. The smallest absolute Gasteiger partial charge is 0.251 e. The normalized spacial score (nSPS) is 15.6. The Labute approximate surface area is 164 Å². The number of fused-ring (bicyclic) bond motifs is 1. The van der Waals surface area contributed by atoms with Gasteiger partial charge in [-0.05, 0) is 32.0 Å². The SMILES string of the molecule is CC(C)(CNC(=O)c1ccc2noc(-c3ccccc3)c2c1)N1CCOCC1. The third-order valence-electron chi connectivity index (χ3n) is 5.32. The minimum Gasteiger partial charge on any atom is -0.379 e. The monoisotopic (exact) mass is 379 g/mol. The van der Waals surface area contributed by atoms with Crippen LogP contribution >= 0.6 is 0 Å². The number of carbonyl (C=O) groups excluding carboxylic acids is 1. The highest BCUT2D eigenvalue weighted by atomic mass is 16.5. The third-order valence-corrected chi connectivity index (χ3v) is 5.32. The first kappa shape index (κ1) is 18.7. The summed E-state index contributed by atoms with van der Waals surface area (Å²) in [6, 6.07) is 15.3. The number of hydrogen-bond donors (Lipinski definition) is 1. The van der Waals surface area contributed by atoms with Gasteiger partial charge in [0.1, 0.15) is 5.52 Å². The molecule has 0 aliphatic carbocycles. The van der Waals surface area contributed by atoms with Crippen LogP contribution < -0.4 is 5.32 Å². The van der Waals surface area contributed by atoms with Crippen molar-refractivity contribution in [1.82, 2.24) is 15.4 Å². The molecule has 0 saturated carbocycles. The van der Waals surface area contributed by atoms with Crippen molar-refractivity contribution in [2.45, 2.75) is 19.4 Å². The third kappa shape index (κ3) is 3.79. The lowest BCUT2D eigenvalue weighted by molar-refractivity contribution is -0.00923. The molecule has 0 spiro atoms. The van der Waals surface area contributed by atoms with Crippen LogP contribution in [0.5, 0.6) is 0 Å². The first-order valence-corrected chi connectivity index (χ1v) is 9.60. The molecule has 3 aromatic rings. The number of ether oxygens (including phenoxy) is 1. The Morgan fingerprint density at radius 1 is 1.14 bits per heavy atom. The highest BCUT2D eigenvalue weighted by Gasteiger charge is 2.28. The van der Waals surface area contributed by atoms with Crippen molar-refractivity contribution < 1.29 is 14.1 Å². The van der Waals surface area contributed by atoms with Gasteiger partial charge in [-0.15, -0.1) is 0 Å². The zero-order valence-corrected chi connectivity index (χ0v) is 16.3. The van der Waals surface area contributed by atoms with Crippen LogP contribution in [0, 0.1) is 0 Å². The fourth-order valence-electron chi connectivity index (χ4n) is 3.56. The van der Waals surface area contributed by atoms with Gasteiger partial charge in [-0.3, -0.25) is 9.69 Å². The summed E-state index contributed by atoms with van der Waals surface area (Å²) in [7, 11) is 0. The minimum atomic E-state index is -0.129. The molecule has 1 aliphatic heterocycles. The van der Waals surface area contributed by atoms with E-state index in [9.17, 15) is 4.79 Å². The standard InChI is InChI=1S/C22H25N3O3/c1-22(2,25-10-12-27-13-11-25)15-23-21(26)17-8-9-19-18(14-17)20(28-24-19)16-6-4-3-5-7-16/h3-9,14H,10-13,15H2,1-2H3,(H,23,26). The van der Waals surface area contributed by atoms with Gasteiger partial charge in [0, 0.05) is 36.3 Å². The maximum absolute atomic E-state index is 12.8. The van der Waals surface area contributed by atoms with Crippen molar-refractivity contribution in [3.63, 3.8) is 0 Å². The summed E-state index contributed by atoms with van der Waals surface area (Å²) in [6.45, 7) is 8.11. The van der Waals surface area contributed by atoms with Gasteiger partial charge in [0.25, 0.3) is 5.91 Å². The van der Waals surface area contributed by atoms with Gasteiger partial charge in [-0.1, -0.05) is 35.5 Å². The number of morpholine rings is 1. The minimum absolute atomic E-state index is 0.0940. The molecule has 4 rings (SSSR count). The predicted octanol–water partition coefficient (Wildman–Crippen LogP) is 3.34. The lowest BCUT2D eigenvalue weighted by Gasteiger charge is -2.40. The predicted molar refractivity (Wildman–Crippen MR) is 108 cm³/mol. The molecule has 2 heterocycles. The number of benzene rings is 2. The molecule has 1 saturated heterocycles. The van der Waals surface area contributed by atoms with Crippen LogP contribution in [0.1, 0.15) is 24.2 Å². The Morgan fingerprint density at radius 3 is 2.64 bits per heavy atom. The molecule has 1 aromatic heterocycles. The van der Waals surface area contributed by atoms with Crippen LogP contribution in [0.2, 0.25) is 0 Å². The molecule has 0 bridgehead atoms. The summed E-state index contributed by atoms with van der Waals surface area (Å²) in [6.07, 6.45) is 0. The van der Waals surface area contributed by atoms with E-state index in [1.807, 2.05) is 42.5 Å². The van der Waals surface area contributed by atoms with Crippen LogP contribution in [0.3, 0.4) is 0 Å². The van der Waals surface area contributed by atoms with Crippen LogP contribution in [-0.2, 0) is 4.74 Å². The van der Waals surface area contributed by atoms with Crippen LogP contribution in [0.4, 0.5) is 0 Å². The van der Waals surface area contributed by atoms with Crippen molar-refractivity contribution in [3.05, 3.63) is 54.1 Å². The lowest BCUT2D eigenvalue weighted by Crippen LogP contribution is -2.55. The fraction of sp³-hybridized carbons (Fsp3) is 0.364. The van der Waals surface area contributed by atoms with Crippen molar-refractivity contribution >= 4 is 16.8 Å². The van der Waals surface area contributed by atoms with E-state index in [-0.39, 0.29) is 11.4 Å². The van der Waals surface area contributed by atoms with E-state index in [1.165, 1.54) is 0 Å². The molecule has 0 atom stereocenters. The number of rotatable bonds is 5. The van der Waals surface area contributed by atoms with Crippen LogP contribution in [-0.4, -0.2) is 54.4 Å². The van der Waals surface area contributed by atoms with Crippen molar-refractivity contribution in [1.29, 1.82) is 0 Å². The molecular weight excluding hydrogens is 354 g/mol. The zero-order chi connectivity index (χ0) is 19.6. The Bertz CT molecular complexity index is 960. The second-order valence-electron chi connectivity index (χ2n) is 7.70. The Morgan fingerprint density at radius 2 is 1.89 bits per heavy atom. The maximum atomic E-state index is 12.8. The first-order valence-electron chi connectivity index (χ1n) is 9.60. The Hall–Kier alpha value is -2.70. The second-order valence-corrected chi connectivity index (χ2v) is 7.70. The molecule has 6 heteroatoms. The molecule has 6 nitrogen and oxygen atoms in total. The molecule has 1 amide bonds. The van der Waals surface area contributed by atoms with E-state index < -0.39 is 0 Å². The molecule has 0 radical (unpaired) electrons. The molecule has 1 N–H and O–H groups in total. The molecule has 1 aliphatic rings. The van der Waals surface area contributed by atoms with Crippen molar-refractivity contribution in [3.8, 4) is 11.3 Å². The van der Waals surface area contributed by atoms with Crippen molar-refractivity contribution in [2.24, 2.45) is 0 Å². The second kappa shape index (κ2) is 7.73. The number of amides is 1. The van der Waals surface area contributed by atoms with E-state index in [0.29, 0.717) is 17.9 Å². The van der Waals surface area contributed by atoms with Crippen LogP contribution in [0.15, 0.2) is 53.1 Å². The van der Waals surface area contributed by atoms with Gasteiger partial charge in [-0.25, -0.2) is 0 Å². The topological polar surface area (TPSA) is 67.6 Å². The number of nitrogens with zero attached hydrogens (tertiary/aromatic N) is 2. The number of hydrogen-bond acceptors (Lipinski definition) is 5. The average Bonchev–Trinajstić information content (AvgIpc) is 3.16. The van der Waals surface area contributed by atoms with Gasteiger partial charge >= 0.3 is 0 Å². The highest BCUT2D eigenvalue weighted by molar-refractivity contribution is 6.01. The van der Waals surface area contributed by atoms with Gasteiger partial charge in [0.05, 0.1) is 18.6 Å². The Balaban J connectivity index is 1.51. The Kier molecular flexibility index (Phi) is 5.15. The number of aromatic nitrogens is 1. The van der Waals surface area contributed by atoms with E-state index in [1.54, 1.807) is 6.07 Å². The van der Waals surface area contributed by atoms with Crippen LogP contribution in [0.25, 0.3) is 22.2 Å². The average molecular weight is 379 g/mol.